The van der Waals surface area contributed by atoms with Crippen molar-refractivity contribution in [3.63, 3.8) is 0 Å². The molecule has 130 valence electrons. The molecule has 0 amide bonds. The number of esters is 1. The summed E-state index contributed by atoms with van der Waals surface area (Å²) in [5, 5.41) is 1.75. The molecule has 4 aromatic heterocycles. The van der Waals surface area contributed by atoms with Crippen molar-refractivity contribution in [3.05, 3.63) is 78.6 Å². The highest BCUT2D eigenvalue weighted by Gasteiger charge is 2.24. The van der Waals surface area contributed by atoms with Gasteiger partial charge in [-0.2, -0.15) is 0 Å². The molecule has 0 saturated carbocycles. The van der Waals surface area contributed by atoms with Crippen LogP contribution in [-0.2, 0) is 4.74 Å². The maximum absolute atomic E-state index is 12.7. The van der Waals surface area contributed by atoms with Crippen LogP contribution in [0.5, 0.6) is 0 Å². The van der Waals surface area contributed by atoms with E-state index in [9.17, 15) is 4.79 Å². The lowest BCUT2D eigenvalue weighted by Crippen LogP contribution is -2.01. The Hall–Kier alpha value is -3.73. The molecule has 0 bridgehead atoms. The molecule has 0 N–H and O–H groups in total. The predicted octanol–water partition coefficient (Wildman–Crippen LogP) is 4.49. The van der Waals surface area contributed by atoms with Crippen molar-refractivity contribution in [1.29, 1.82) is 0 Å². The highest BCUT2D eigenvalue weighted by Crippen LogP contribution is 2.37. The summed E-state index contributed by atoms with van der Waals surface area (Å²) in [5.41, 5.74) is 4.49. The predicted molar refractivity (Wildman–Crippen MR) is 105 cm³/mol. The molecule has 5 heteroatoms. The summed E-state index contributed by atoms with van der Waals surface area (Å²) in [7, 11) is 1.41. The van der Waals surface area contributed by atoms with Crippen LogP contribution in [0.15, 0.2) is 73.1 Å². The average molecular weight is 353 g/mol. The molecule has 27 heavy (non-hydrogen) atoms. The summed E-state index contributed by atoms with van der Waals surface area (Å²) in [6.45, 7) is 0. The molecule has 0 spiro atoms. The third-order valence-electron chi connectivity index (χ3n) is 4.77. The number of fused-ring (bicyclic) bond motifs is 5. The van der Waals surface area contributed by atoms with Crippen molar-refractivity contribution in [3.8, 4) is 11.4 Å². The maximum Gasteiger partial charge on any atom is 0.340 e. The molecule has 0 saturated heterocycles. The number of carbonyl (C=O) groups excluding carboxylic acids is 1. The average Bonchev–Trinajstić information content (AvgIpc) is 3.09. The zero-order valence-electron chi connectivity index (χ0n) is 14.6. The molecule has 0 aliphatic carbocycles. The van der Waals surface area contributed by atoms with Crippen LogP contribution in [0.2, 0.25) is 0 Å². The SMILES string of the molecule is COC(=O)c1c2c3ccccc3nc(-c3ccccn3)c2n2ccccc12. The first-order chi connectivity index (χ1) is 13.3. The number of benzene rings is 1. The Kier molecular flexibility index (Phi) is 3.40. The smallest absolute Gasteiger partial charge is 0.340 e. The second kappa shape index (κ2) is 5.92. The number of hydrogen-bond donors (Lipinski definition) is 0. The minimum Gasteiger partial charge on any atom is -0.465 e. The standard InChI is InChI=1S/C22H15N3O2/c1-27-22(26)19-17-11-5-7-13-25(17)21-18(19)14-8-2-3-9-15(14)24-20(21)16-10-4-6-12-23-16/h2-13H,1H3. The lowest BCUT2D eigenvalue weighted by Gasteiger charge is -2.08. The van der Waals surface area contributed by atoms with Gasteiger partial charge in [0.25, 0.3) is 0 Å². The summed E-state index contributed by atoms with van der Waals surface area (Å²) < 4.78 is 7.11. The third-order valence-corrected chi connectivity index (χ3v) is 4.77. The molecule has 4 heterocycles. The van der Waals surface area contributed by atoms with Gasteiger partial charge in [-0.15, -0.1) is 0 Å². The second-order valence-corrected chi connectivity index (χ2v) is 6.24. The fourth-order valence-corrected chi connectivity index (χ4v) is 3.65. The highest BCUT2D eigenvalue weighted by molar-refractivity contribution is 6.22. The number of carbonyl (C=O) groups is 1. The fourth-order valence-electron chi connectivity index (χ4n) is 3.65. The van der Waals surface area contributed by atoms with Gasteiger partial charge in [0.05, 0.1) is 34.9 Å². The molecule has 0 unspecified atom stereocenters. The number of ether oxygens (including phenoxy) is 1. The summed E-state index contributed by atoms with van der Waals surface area (Å²) in [6, 6.07) is 19.3. The van der Waals surface area contributed by atoms with E-state index in [1.165, 1.54) is 7.11 Å². The summed E-state index contributed by atoms with van der Waals surface area (Å²) in [6.07, 6.45) is 3.68. The number of methoxy groups -OCH3 is 1. The zero-order chi connectivity index (χ0) is 18.4. The summed E-state index contributed by atoms with van der Waals surface area (Å²) >= 11 is 0. The van der Waals surface area contributed by atoms with Gasteiger partial charge in [-0.05, 0) is 30.3 Å². The van der Waals surface area contributed by atoms with Crippen molar-refractivity contribution in [2.45, 2.75) is 0 Å². The van der Waals surface area contributed by atoms with Crippen molar-refractivity contribution < 1.29 is 9.53 Å². The molecule has 0 aliphatic heterocycles. The van der Waals surface area contributed by atoms with Crippen LogP contribution >= 0.6 is 0 Å². The first-order valence-corrected chi connectivity index (χ1v) is 8.61. The Bertz CT molecular complexity index is 1320. The largest absolute Gasteiger partial charge is 0.465 e. The molecule has 5 rings (SSSR count). The van der Waals surface area contributed by atoms with Gasteiger partial charge in [-0.3, -0.25) is 4.98 Å². The first kappa shape index (κ1) is 15.5. The molecule has 0 aliphatic rings. The maximum atomic E-state index is 12.7. The molecular weight excluding hydrogens is 338 g/mol. The van der Waals surface area contributed by atoms with E-state index in [0.717, 1.165) is 38.7 Å². The Morgan fingerprint density at radius 2 is 1.81 bits per heavy atom. The van der Waals surface area contributed by atoms with E-state index in [1.54, 1.807) is 6.20 Å². The van der Waals surface area contributed by atoms with Crippen LogP contribution in [0.25, 0.3) is 38.7 Å². The molecule has 5 nitrogen and oxygen atoms in total. The van der Waals surface area contributed by atoms with Crippen LogP contribution in [-0.4, -0.2) is 27.4 Å². The van der Waals surface area contributed by atoms with Crippen LogP contribution < -0.4 is 0 Å². The van der Waals surface area contributed by atoms with Gasteiger partial charge in [0.15, 0.2) is 0 Å². The Labute approximate surface area is 154 Å². The fraction of sp³-hybridized carbons (Fsp3) is 0.0455. The first-order valence-electron chi connectivity index (χ1n) is 8.61. The molecule has 0 fully saturated rings. The van der Waals surface area contributed by atoms with Crippen LogP contribution in [0.3, 0.4) is 0 Å². The Balaban J connectivity index is 2.10. The van der Waals surface area contributed by atoms with Gasteiger partial charge < -0.3 is 9.14 Å². The normalized spacial score (nSPS) is 11.3. The quantitative estimate of drug-likeness (QED) is 0.439. The van der Waals surface area contributed by atoms with Gasteiger partial charge in [-0.25, -0.2) is 9.78 Å². The van der Waals surface area contributed by atoms with E-state index in [0.29, 0.717) is 5.56 Å². The van der Waals surface area contributed by atoms with Gasteiger partial charge in [0.2, 0.25) is 0 Å². The van der Waals surface area contributed by atoms with Crippen LogP contribution in [0, 0.1) is 0 Å². The van der Waals surface area contributed by atoms with E-state index in [1.807, 2.05) is 71.3 Å². The van der Waals surface area contributed by atoms with Crippen molar-refractivity contribution in [2.24, 2.45) is 0 Å². The van der Waals surface area contributed by atoms with Gasteiger partial charge in [0, 0.05) is 23.2 Å². The third kappa shape index (κ3) is 2.22. The molecule has 5 aromatic rings. The lowest BCUT2D eigenvalue weighted by molar-refractivity contribution is 0.0605. The van der Waals surface area contributed by atoms with E-state index >= 15 is 0 Å². The van der Waals surface area contributed by atoms with Crippen molar-refractivity contribution >= 4 is 33.3 Å². The second-order valence-electron chi connectivity index (χ2n) is 6.24. The van der Waals surface area contributed by atoms with Gasteiger partial charge >= 0.3 is 5.97 Å². The number of hydrogen-bond acceptors (Lipinski definition) is 4. The van der Waals surface area contributed by atoms with Crippen molar-refractivity contribution in [2.75, 3.05) is 7.11 Å². The van der Waals surface area contributed by atoms with Crippen LogP contribution in [0.4, 0.5) is 0 Å². The lowest BCUT2D eigenvalue weighted by atomic mass is 10.0. The summed E-state index contributed by atoms with van der Waals surface area (Å²) in [4.78, 5) is 22.1. The minimum atomic E-state index is -0.364. The van der Waals surface area contributed by atoms with E-state index in [4.69, 9.17) is 9.72 Å². The minimum absolute atomic E-state index is 0.364. The molecule has 0 radical (unpaired) electrons. The van der Waals surface area contributed by atoms with E-state index in [2.05, 4.69) is 4.98 Å². The number of para-hydroxylation sites is 1. The molecule has 0 atom stereocenters. The van der Waals surface area contributed by atoms with E-state index < -0.39 is 0 Å². The monoisotopic (exact) mass is 353 g/mol. The van der Waals surface area contributed by atoms with Crippen molar-refractivity contribution in [1.82, 2.24) is 14.4 Å². The summed E-state index contributed by atoms with van der Waals surface area (Å²) in [5.74, 6) is -0.364. The topological polar surface area (TPSA) is 56.5 Å². The van der Waals surface area contributed by atoms with Crippen LogP contribution in [0.1, 0.15) is 10.4 Å². The zero-order valence-corrected chi connectivity index (χ0v) is 14.6. The number of nitrogens with zero attached hydrogens (tertiary/aromatic N) is 3. The molecular formula is C22H15N3O2. The molecule has 1 aromatic carbocycles. The number of aromatic nitrogens is 3. The number of pyridine rings is 3. The number of rotatable bonds is 2. The Morgan fingerprint density at radius 3 is 2.63 bits per heavy atom. The van der Waals surface area contributed by atoms with Gasteiger partial charge in [-0.1, -0.05) is 30.3 Å². The van der Waals surface area contributed by atoms with E-state index in [-0.39, 0.29) is 5.97 Å². The van der Waals surface area contributed by atoms with Gasteiger partial charge in [0.1, 0.15) is 5.69 Å². The Morgan fingerprint density at radius 1 is 1.00 bits per heavy atom. The highest BCUT2D eigenvalue weighted by atomic mass is 16.5.